The molecule has 28 rings (SSSR count). The maximum Gasteiger partial charge on any atom is 0.164 e. The van der Waals surface area contributed by atoms with Gasteiger partial charge in [0.05, 0.1) is 10.8 Å². The number of nitrogens with zero attached hydrogens (tertiary/aromatic N) is 6. The van der Waals surface area contributed by atoms with Crippen LogP contribution in [0, 0.1) is 0 Å². The summed E-state index contributed by atoms with van der Waals surface area (Å²) in [4.78, 5) is 31.7. The first-order chi connectivity index (χ1) is 65.4. The molecule has 2 heterocycles. The second-order valence-corrected chi connectivity index (χ2v) is 35.7. The fourth-order valence-corrected chi connectivity index (χ4v) is 23.1. The molecule has 608 valence electrons. The van der Waals surface area contributed by atoms with Crippen LogP contribution in [0.5, 0.6) is 0 Å². The van der Waals surface area contributed by atoms with Gasteiger partial charge in [0.2, 0.25) is 0 Å². The first-order valence-corrected chi connectivity index (χ1v) is 45.4. The molecule has 0 radical (unpaired) electrons. The van der Waals surface area contributed by atoms with E-state index in [1.807, 2.05) is 18.2 Å². The molecular weight excluding hydrogens is 1600 g/mol. The van der Waals surface area contributed by atoms with Gasteiger partial charge in [0.15, 0.2) is 34.9 Å². The Hall–Kier alpha value is -17.3. The van der Waals surface area contributed by atoms with Crippen LogP contribution in [0.3, 0.4) is 0 Å². The molecular formula is C126H74N6. The zero-order valence-electron chi connectivity index (χ0n) is 71.4. The fourth-order valence-electron chi connectivity index (χ4n) is 23.1. The lowest BCUT2D eigenvalue weighted by atomic mass is 9.69. The molecule has 5 aliphatic carbocycles. The first kappa shape index (κ1) is 73.8. The van der Waals surface area contributed by atoms with Crippen molar-refractivity contribution in [1.29, 1.82) is 0 Å². The van der Waals surface area contributed by atoms with Crippen molar-refractivity contribution >= 4 is 43.1 Å². The average Bonchev–Trinajstić information content (AvgIpc) is 1.49. The molecule has 0 aliphatic heterocycles. The minimum atomic E-state index is -0.546. The highest BCUT2D eigenvalue weighted by Gasteiger charge is 2.54. The molecule has 23 aromatic rings. The van der Waals surface area contributed by atoms with Crippen LogP contribution in [0.2, 0.25) is 0 Å². The zero-order chi connectivity index (χ0) is 86.4. The molecule has 5 aliphatic rings. The Morgan fingerprint density at radius 1 is 0.121 bits per heavy atom. The molecule has 0 fully saturated rings. The van der Waals surface area contributed by atoms with Crippen molar-refractivity contribution in [3.8, 4) is 191 Å². The Morgan fingerprint density at radius 2 is 0.386 bits per heavy atom. The van der Waals surface area contributed by atoms with Crippen molar-refractivity contribution in [3.05, 3.63) is 493 Å². The van der Waals surface area contributed by atoms with Gasteiger partial charge in [-0.15, -0.1) is 0 Å². The van der Waals surface area contributed by atoms with Crippen LogP contribution >= 0.6 is 0 Å². The van der Waals surface area contributed by atoms with Crippen LogP contribution in [-0.4, -0.2) is 29.9 Å². The fraction of sp³-hybridized carbons (Fsp3) is 0.0159. The Bertz CT molecular complexity index is 8850. The van der Waals surface area contributed by atoms with E-state index in [1.165, 1.54) is 154 Å². The summed E-state index contributed by atoms with van der Waals surface area (Å²) in [7, 11) is 0. The topological polar surface area (TPSA) is 77.3 Å². The molecule has 2 atom stereocenters. The minimum Gasteiger partial charge on any atom is -0.208 e. The highest BCUT2D eigenvalue weighted by Crippen LogP contribution is 2.68. The van der Waals surface area contributed by atoms with E-state index in [0.717, 1.165) is 89.0 Å². The van der Waals surface area contributed by atoms with Gasteiger partial charge in [-0.3, -0.25) is 0 Å². The monoisotopic (exact) mass is 1670 g/mol. The van der Waals surface area contributed by atoms with E-state index in [4.69, 9.17) is 29.9 Å². The number of hydrogen-bond donors (Lipinski definition) is 0. The van der Waals surface area contributed by atoms with Gasteiger partial charge in [0, 0.05) is 33.4 Å². The molecule has 0 N–H and O–H groups in total. The average molecular weight is 1670 g/mol. The van der Waals surface area contributed by atoms with Crippen molar-refractivity contribution in [1.82, 2.24) is 29.9 Å². The van der Waals surface area contributed by atoms with Crippen LogP contribution in [0.4, 0.5) is 0 Å². The highest BCUT2D eigenvalue weighted by atomic mass is 15.0. The first-order valence-electron chi connectivity index (χ1n) is 45.4. The summed E-state index contributed by atoms with van der Waals surface area (Å²) in [5, 5.41) is 10.3. The molecule has 6 nitrogen and oxygen atoms in total. The molecule has 6 heteroatoms. The SMILES string of the molecule is c1ccc(-c2ccc(-c3nc(-c4ccc(-c5ccc6c(c5)C5(c7ccccc7-6)c6ccccc6-c6c5cc5c7c(cccc67)-c6ccccc6-5)cc4)nc(-c4cccc(-c5ccc(-c6ccc(-c7nc(-c8ccccc8)nc(-c8ccc(-c9ccc%10c(c9)C9(c%11ccccc%11-%10)c%10ccccc%10-c%10cc%11c%12ccccc%12c%12ccccc%12c%11cc%109)cc8)n7)cc6)cc5)c4)n3)cc2)cc1. The third kappa shape index (κ3) is 10.9. The predicted molar refractivity (Wildman–Crippen MR) is 540 cm³/mol. The number of aromatic nitrogens is 6. The zero-order valence-corrected chi connectivity index (χ0v) is 71.4. The van der Waals surface area contributed by atoms with Crippen LogP contribution in [-0.2, 0) is 10.8 Å². The molecule has 0 saturated carbocycles. The van der Waals surface area contributed by atoms with E-state index in [1.54, 1.807) is 0 Å². The Balaban J connectivity index is 0.481. The standard InChI is InChI=1S/C126H74N6/c1-3-23-75(24-4-1)76-49-57-84(58-50-76)122-130-123(86-63-55-81(56-64-86)89-66-68-101-98-36-14-18-42-110(98)126(114(101)71-89)112-44-20-16-38-103(112)118-104-40-22-39-102-93-31-9-12-34-96(93)108(117(102)104)74-116(118)126)132-124(131-122)90-28-21-27-87(69-90)79-47-45-77(46-48-79)78-51-59-83(60-52-78)120-127-119(82-25-5-2-6-26-82)128-121(129-120)85-61-53-80(54-62-85)88-65-67-100-97-35-13-17-41-109(97)125(113(100)70-88)111-43-19-15-37-99(111)107-72-105-94-32-10-7-29-91(94)92-30-8-11-33-95(92)106(105)73-115(107)125/h1-74H. The molecule has 0 saturated heterocycles. The van der Waals surface area contributed by atoms with Crippen LogP contribution < -0.4 is 0 Å². The maximum atomic E-state index is 5.37. The van der Waals surface area contributed by atoms with Crippen LogP contribution in [0.25, 0.3) is 234 Å². The molecule has 2 spiro atoms. The summed E-state index contributed by atoms with van der Waals surface area (Å²) in [6.07, 6.45) is 0. The summed E-state index contributed by atoms with van der Waals surface area (Å²) < 4.78 is 0. The highest BCUT2D eigenvalue weighted by molar-refractivity contribution is 6.27. The van der Waals surface area contributed by atoms with Crippen molar-refractivity contribution in [2.24, 2.45) is 0 Å². The van der Waals surface area contributed by atoms with Gasteiger partial charge in [-0.25, -0.2) is 29.9 Å². The van der Waals surface area contributed by atoms with Gasteiger partial charge in [0.1, 0.15) is 0 Å². The van der Waals surface area contributed by atoms with E-state index >= 15 is 0 Å². The molecule has 0 bridgehead atoms. The van der Waals surface area contributed by atoms with Crippen LogP contribution in [0.15, 0.2) is 449 Å². The van der Waals surface area contributed by atoms with Gasteiger partial charge < -0.3 is 0 Å². The number of fused-ring (bicyclic) bond motifs is 30. The molecule has 0 amide bonds. The van der Waals surface area contributed by atoms with Crippen molar-refractivity contribution < 1.29 is 0 Å². The number of benzene rings is 21. The smallest absolute Gasteiger partial charge is 0.164 e. The van der Waals surface area contributed by atoms with Gasteiger partial charge >= 0.3 is 0 Å². The van der Waals surface area contributed by atoms with E-state index in [9.17, 15) is 0 Å². The van der Waals surface area contributed by atoms with Crippen molar-refractivity contribution in [2.75, 3.05) is 0 Å². The second kappa shape index (κ2) is 28.6. The van der Waals surface area contributed by atoms with E-state index in [2.05, 4.69) is 431 Å². The lowest BCUT2D eigenvalue weighted by Crippen LogP contribution is -2.26. The summed E-state index contributed by atoms with van der Waals surface area (Å²) in [6, 6.07) is 165. The summed E-state index contributed by atoms with van der Waals surface area (Å²) in [5.41, 5.74) is 41.4. The second-order valence-electron chi connectivity index (χ2n) is 35.7. The Kier molecular flexibility index (Phi) is 16.0. The summed E-state index contributed by atoms with van der Waals surface area (Å²) in [6.45, 7) is 0. The summed E-state index contributed by atoms with van der Waals surface area (Å²) in [5.74, 6) is 3.57. The van der Waals surface area contributed by atoms with E-state index in [0.29, 0.717) is 34.9 Å². The lowest BCUT2D eigenvalue weighted by molar-refractivity contribution is 0.795. The predicted octanol–water partition coefficient (Wildman–Crippen LogP) is 31.3. The Morgan fingerprint density at radius 3 is 0.848 bits per heavy atom. The van der Waals surface area contributed by atoms with E-state index in [-0.39, 0.29) is 0 Å². The molecule has 21 aromatic carbocycles. The lowest BCUT2D eigenvalue weighted by Gasteiger charge is -2.31. The van der Waals surface area contributed by atoms with Crippen molar-refractivity contribution in [3.63, 3.8) is 0 Å². The van der Waals surface area contributed by atoms with E-state index < -0.39 is 10.8 Å². The third-order valence-electron chi connectivity index (χ3n) is 29.0. The quantitative estimate of drug-likeness (QED) is 0.120. The third-order valence-corrected chi connectivity index (χ3v) is 29.0. The van der Waals surface area contributed by atoms with Gasteiger partial charge in [-0.1, -0.05) is 413 Å². The van der Waals surface area contributed by atoms with Gasteiger partial charge in [0.25, 0.3) is 0 Å². The molecule has 2 aromatic heterocycles. The number of rotatable bonds is 11. The van der Waals surface area contributed by atoms with Crippen molar-refractivity contribution in [2.45, 2.75) is 10.8 Å². The summed E-state index contributed by atoms with van der Waals surface area (Å²) >= 11 is 0. The number of hydrogen-bond acceptors (Lipinski definition) is 6. The molecule has 132 heavy (non-hydrogen) atoms. The van der Waals surface area contributed by atoms with Gasteiger partial charge in [-0.05, 0) is 246 Å². The Labute approximate surface area is 762 Å². The normalized spacial score (nSPS) is 14.6. The van der Waals surface area contributed by atoms with Crippen LogP contribution in [0.1, 0.15) is 44.5 Å². The largest absolute Gasteiger partial charge is 0.208 e. The minimum absolute atomic E-state index is 0.546. The maximum absolute atomic E-state index is 5.37. The molecule has 2 unspecified atom stereocenters. The van der Waals surface area contributed by atoms with Gasteiger partial charge in [-0.2, -0.15) is 0 Å².